The Morgan fingerprint density at radius 3 is 2.42 bits per heavy atom. The molecule has 2 aliphatic rings. The third-order valence-electron chi connectivity index (χ3n) is 4.89. The van der Waals surface area contributed by atoms with Crippen LogP contribution in [0.3, 0.4) is 0 Å². The minimum absolute atomic E-state index is 0.0647. The lowest BCUT2D eigenvalue weighted by molar-refractivity contribution is -0.145. The summed E-state index contributed by atoms with van der Waals surface area (Å²) in [4.78, 5) is 15.3. The number of carbonyl (C=O) groups is 1. The summed E-state index contributed by atoms with van der Waals surface area (Å²) in [6.45, 7) is 9.66. The maximum atomic E-state index is 13.0. The van der Waals surface area contributed by atoms with Crippen molar-refractivity contribution in [3.05, 3.63) is 0 Å². The van der Waals surface area contributed by atoms with Gasteiger partial charge >= 0.3 is 0 Å². The monoisotopic (exact) mass is 266 g/mol. The van der Waals surface area contributed by atoms with Gasteiger partial charge in [0.1, 0.15) is 0 Å². The molecule has 1 aliphatic carbocycles. The standard InChI is InChI=1S/C16H30N2O/c1-4-16(8-10-17-11-9-16)15(19)18(14-5-6-14)12-7-13(2)3/h13-14,17H,4-12H2,1-3H3. The molecule has 1 N–H and O–H groups in total. The van der Waals surface area contributed by atoms with Crippen molar-refractivity contribution in [2.75, 3.05) is 19.6 Å². The molecule has 0 unspecified atom stereocenters. The molecule has 0 aromatic carbocycles. The van der Waals surface area contributed by atoms with Crippen LogP contribution in [0.1, 0.15) is 59.3 Å². The number of carbonyl (C=O) groups excluding carboxylic acids is 1. The summed E-state index contributed by atoms with van der Waals surface area (Å²) in [5, 5.41) is 3.39. The molecule has 3 nitrogen and oxygen atoms in total. The summed E-state index contributed by atoms with van der Waals surface area (Å²) in [5.41, 5.74) is -0.0647. The first-order valence-corrected chi connectivity index (χ1v) is 8.11. The lowest BCUT2D eigenvalue weighted by atomic mass is 9.75. The first kappa shape index (κ1) is 14.8. The summed E-state index contributed by atoms with van der Waals surface area (Å²) in [6, 6.07) is 0.560. The smallest absolute Gasteiger partial charge is 0.229 e. The fourth-order valence-electron chi connectivity index (χ4n) is 3.16. The Balaban J connectivity index is 2.04. The van der Waals surface area contributed by atoms with E-state index in [0.717, 1.165) is 45.3 Å². The second-order valence-corrected chi connectivity index (χ2v) is 6.80. The zero-order chi connectivity index (χ0) is 13.9. The van der Waals surface area contributed by atoms with Gasteiger partial charge in [-0.1, -0.05) is 20.8 Å². The minimum Gasteiger partial charge on any atom is -0.339 e. The number of rotatable bonds is 6. The molecule has 19 heavy (non-hydrogen) atoms. The van der Waals surface area contributed by atoms with E-state index in [2.05, 4.69) is 31.0 Å². The van der Waals surface area contributed by atoms with Crippen LogP contribution in [0, 0.1) is 11.3 Å². The van der Waals surface area contributed by atoms with E-state index >= 15 is 0 Å². The van der Waals surface area contributed by atoms with E-state index in [-0.39, 0.29) is 5.41 Å². The molecule has 110 valence electrons. The van der Waals surface area contributed by atoms with Gasteiger partial charge in [0.25, 0.3) is 0 Å². The van der Waals surface area contributed by atoms with Gasteiger partial charge < -0.3 is 10.2 Å². The largest absolute Gasteiger partial charge is 0.339 e. The van der Waals surface area contributed by atoms with Crippen LogP contribution >= 0.6 is 0 Å². The number of nitrogens with zero attached hydrogens (tertiary/aromatic N) is 1. The number of hydrogen-bond donors (Lipinski definition) is 1. The predicted molar refractivity (Wildman–Crippen MR) is 79.0 cm³/mol. The quantitative estimate of drug-likeness (QED) is 0.802. The fraction of sp³-hybridized carbons (Fsp3) is 0.938. The van der Waals surface area contributed by atoms with Gasteiger partial charge in [-0.3, -0.25) is 4.79 Å². The van der Waals surface area contributed by atoms with Gasteiger partial charge in [0.15, 0.2) is 0 Å². The third-order valence-corrected chi connectivity index (χ3v) is 4.89. The number of hydrogen-bond acceptors (Lipinski definition) is 2. The zero-order valence-electron chi connectivity index (χ0n) is 12.9. The summed E-state index contributed by atoms with van der Waals surface area (Å²) in [5.74, 6) is 1.14. The molecular weight excluding hydrogens is 236 g/mol. The molecule has 1 aliphatic heterocycles. The van der Waals surface area contributed by atoms with Crippen LogP contribution in [0.25, 0.3) is 0 Å². The van der Waals surface area contributed by atoms with Gasteiger partial charge in [0.05, 0.1) is 5.41 Å². The molecule has 0 aromatic rings. The second-order valence-electron chi connectivity index (χ2n) is 6.80. The van der Waals surface area contributed by atoms with Gasteiger partial charge in [-0.05, 0) is 57.5 Å². The van der Waals surface area contributed by atoms with E-state index in [4.69, 9.17) is 0 Å². The summed E-state index contributed by atoms with van der Waals surface area (Å²) >= 11 is 0. The zero-order valence-corrected chi connectivity index (χ0v) is 12.9. The number of nitrogens with one attached hydrogen (secondary N) is 1. The molecule has 1 amide bonds. The Kier molecular flexibility index (Phi) is 4.88. The molecule has 0 aromatic heterocycles. The first-order valence-electron chi connectivity index (χ1n) is 8.11. The van der Waals surface area contributed by atoms with Crippen LogP contribution in [0.4, 0.5) is 0 Å². The van der Waals surface area contributed by atoms with E-state index in [1.54, 1.807) is 0 Å². The van der Waals surface area contributed by atoms with E-state index in [1.165, 1.54) is 12.8 Å². The Morgan fingerprint density at radius 2 is 1.95 bits per heavy atom. The maximum Gasteiger partial charge on any atom is 0.229 e. The van der Waals surface area contributed by atoms with Crippen molar-refractivity contribution >= 4 is 5.91 Å². The maximum absolute atomic E-state index is 13.0. The van der Waals surface area contributed by atoms with Crippen molar-refractivity contribution in [3.8, 4) is 0 Å². The van der Waals surface area contributed by atoms with Crippen LogP contribution in [0.15, 0.2) is 0 Å². The SMILES string of the molecule is CCC1(C(=O)N(CCC(C)C)C2CC2)CCNCC1. The highest BCUT2D eigenvalue weighted by molar-refractivity contribution is 5.83. The highest BCUT2D eigenvalue weighted by Crippen LogP contribution is 2.38. The lowest BCUT2D eigenvalue weighted by Crippen LogP contribution is -2.50. The highest BCUT2D eigenvalue weighted by Gasteiger charge is 2.44. The van der Waals surface area contributed by atoms with Gasteiger partial charge in [0.2, 0.25) is 5.91 Å². The normalized spacial score (nSPS) is 22.5. The molecular formula is C16H30N2O. The lowest BCUT2D eigenvalue weighted by Gasteiger charge is -2.40. The molecule has 1 saturated heterocycles. The molecule has 3 heteroatoms. The number of piperidine rings is 1. The van der Waals surface area contributed by atoms with Crippen LogP contribution in [0.2, 0.25) is 0 Å². The molecule has 1 heterocycles. The van der Waals surface area contributed by atoms with E-state index in [9.17, 15) is 4.79 Å². The highest BCUT2D eigenvalue weighted by atomic mass is 16.2. The fourth-order valence-corrected chi connectivity index (χ4v) is 3.16. The van der Waals surface area contributed by atoms with Crippen molar-refractivity contribution in [2.45, 2.75) is 65.3 Å². The topological polar surface area (TPSA) is 32.3 Å². The summed E-state index contributed by atoms with van der Waals surface area (Å²) in [7, 11) is 0. The first-order chi connectivity index (χ1) is 9.09. The van der Waals surface area contributed by atoms with Crippen molar-refractivity contribution in [1.82, 2.24) is 10.2 Å². The van der Waals surface area contributed by atoms with Crippen molar-refractivity contribution in [2.24, 2.45) is 11.3 Å². The van der Waals surface area contributed by atoms with Gasteiger partial charge in [-0.15, -0.1) is 0 Å². The summed E-state index contributed by atoms with van der Waals surface area (Å²) in [6.07, 6.45) is 6.63. The van der Waals surface area contributed by atoms with Gasteiger partial charge in [-0.25, -0.2) is 0 Å². The van der Waals surface area contributed by atoms with E-state index in [1.807, 2.05) is 0 Å². The van der Waals surface area contributed by atoms with Crippen LogP contribution in [0.5, 0.6) is 0 Å². The molecule has 1 saturated carbocycles. The predicted octanol–water partition coefficient (Wildman–Crippen LogP) is 2.80. The molecule has 0 bridgehead atoms. The number of amides is 1. The molecule has 2 fully saturated rings. The van der Waals surface area contributed by atoms with Gasteiger partial charge in [-0.2, -0.15) is 0 Å². The molecule has 0 radical (unpaired) electrons. The van der Waals surface area contributed by atoms with E-state index < -0.39 is 0 Å². The molecule has 0 atom stereocenters. The van der Waals surface area contributed by atoms with Crippen molar-refractivity contribution in [3.63, 3.8) is 0 Å². The Hall–Kier alpha value is -0.570. The Labute approximate surface area is 118 Å². The Bertz CT molecular complexity index is 304. The Morgan fingerprint density at radius 1 is 1.32 bits per heavy atom. The van der Waals surface area contributed by atoms with Crippen LogP contribution in [-0.4, -0.2) is 36.5 Å². The van der Waals surface area contributed by atoms with Crippen molar-refractivity contribution < 1.29 is 4.79 Å². The average Bonchev–Trinajstić information content (AvgIpc) is 3.24. The average molecular weight is 266 g/mol. The van der Waals surface area contributed by atoms with Crippen LogP contribution < -0.4 is 5.32 Å². The molecule has 2 rings (SSSR count). The molecule has 0 spiro atoms. The third kappa shape index (κ3) is 3.50. The van der Waals surface area contributed by atoms with Crippen molar-refractivity contribution in [1.29, 1.82) is 0 Å². The van der Waals surface area contributed by atoms with Crippen LogP contribution in [-0.2, 0) is 4.79 Å². The summed E-state index contributed by atoms with van der Waals surface area (Å²) < 4.78 is 0. The van der Waals surface area contributed by atoms with Gasteiger partial charge in [0, 0.05) is 12.6 Å². The second kappa shape index (κ2) is 6.25. The minimum atomic E-state index is -0.0647. The van der Waals surface area contributed by atoms with E-state index in [0.29, 0.717) is 17.9 Å².